The zero-order valence-electron chi connectivity index (χ0n) is 8.31. The lowest BCUT2D eigenvalue weighted by Crippen LogP contribution is -2.05. The molecule has 0 radical (unpaired) electrons. The van der Waals surface area contributed by atoms with E-state index in [4.69, 9.17) is 0 Å². The van der Waals surface area contributed by atoms with Crippen molar-refractivity contribution in [1.29, 1.82) is 0 Å². The van der Waals surface area contributed by atoms with Crippen molar-refractivity contribution in [3.63, 3.8) is 0 Å². The number of aromatic nitrogens is 3. The summed E-state index contributed by atoms with van der Waals surface area (Å²) >= 11 is 0. The van der Waals surface area contributed by atoms with Gasteiger partial charge in [0.05, 0.1) is 6.54 Å². The molecule has 0 saturated heterocycles. The predicted molar refractivity (Wildman–Crippen MR) is 54.7 cm³/mol. The highest BCUT2D eigenvalue weighted by Gasteiger charge is 1.99. The van der Waals surface area contributed by atoms with E-state index in [1.165, 1.54) is 12.1 Å². The molecule has 0 atom stereocenters. The molecule has 15 heavy (non-hydrogen) atoms. The van der Waals surface area contributed by atoms with E-state index in [1.54, 1.807) is 18.5 Å². The lowest BCUT2D eigenvalue weighted by atomic mass is 10.3. The lowest BCUT2D eigenvalue weighted by Gasteiger charge is -2.04. The van der Waals surface area contributed by atoms with Crippen LogP contribution in [0.4, 0.5) is 10.1 Å². The second-order valence-corrected chi connectivity index (χ2v) is 3.22. The maximum Gasteiger partial charge on any atom is 0.151 e. The summed E-state index contributed by atoms with van der Waals surface area (Å²) in [6.07, 6.45) is 1.64. The van der Waals surface area contributed by atoms with Crippen molar-refractivity contribution < 1.29 is 4.39 Å². The lowest BCUT2D eigenvalue weighted by molar-refractivity contribution is 0.628. The van der Waals surface area contributed by atoms with Crippen molar-refractivity contribution in [1.82, 2.24) is 14.8 Å². The third kappa shape index (κ3) is 2.31. The fraction of sp³-hybridized carbons (Fsp3) is 0.200. The first-order chi connectivity index (χ1) is 7.25. The summed E-state index contributed by atoms with van der Waals surface area (Å²) < 4.78 is 14.4. The summed E-state index contributed by atoms with van der Waals surface area (Å²) in [7, 11) is 1.88. The van der Waals surface area contributed by atoms with E-state index >= 15 is 0 Å². The van der Waals surface area contributed by atoms with Gasteiger partial charge in [-0.1, -0.05) is 0 Å². The average molecular weight is 206 g/mol. The fourth-order valence-electron chi connectivity index (χ4n) is 1.22. The molecule has 0 aliphatic heterocycles. The molecule has 0 saturated carbocycles. The van der Waals surface area contributed by atoms with Crippen LogP contribution < -0.4 is 5.32 Å². The van der Waals surface area contributed by atoms with Gasteiger partial charge in [-0.25, -0.2) is 4.39 Å². The van der Waals surface area contributed by atoms with Crippen LogP contribution in [0.3, 0.4) is 0 Å². The summed E-state index contributed by atoms with van der Waals surface area (Å²) in [5, 5.41) is 10.8. The van der Waals surface area contributed by atoms with Gasteiger partial charge in [-0.15, -0.1) is 10.2 Å². The Hall–Kier alpha value is -1.91. The molecule has 1 heterocycles. The van der Waals surface area contributed by atoms with E-state index in [1.807, 2.05) is 11.6 Å². The van der Waals surface area contributed by atoms with Crippen molar-refractivity contribution in [3.8, 4) is 0 Å². The second-order valence-electron chi connectivity index (χ2n) is 3.22. The number of nitrogens with zero attached hydrogens (tertiary/aromatic N) is 3. The van der Waals surface area contributed by atoms with E-state index in [0.717, 1.165) is 11.5 Å². The monoisotopic (exact) mass is 206 g/mol. The summed E-state index contributed by atoms with van der Waals surface area (Å²) in [6.45, 7) is 0.572. The molecule has 2 rings (SSSR count). The van der Waals surface area contributed by atoms with E-state index in [0.29, 0.717) is 6.54 Å². The van der Waals surface area contributed by atoms with Gasteiger partial charge in [-0.3, -0.25) is 0 Å². The van der Waals surface area contributed by atoms with Crippen LogP contribution in [0.15, 0.2) is 30.6 Å². The summed E-state index contributed by atoms with van der Waals surface area (Å²) in [5.41, 5.74) is 0.861. The Morgan fingerprint density at radius 2 is 2.07 bits per heavy atom. The van der Waals surface area contributed by atoms with Crippen LogP contribution in [0.5, 0.6) is 0 Å². The third-order valence-electron chi connectivity index (χ3n) is 2.10. The van der Waals surface area contributed by atoms with Gasteiger partial charge in [0.15, 0.2) is 5.82 Å². The largest absolute Gasteiger partial charge is 0.378 e. The minimum atomic E-state index is -0.237. The van der Waals surface area contributed by atoms with Gasteiger partial charge in [0, 0.05) is 12.7 Å². The minimum Gasteiger partial charge on any atom is -0.378 e. The first-order valence-corrected chi connectivity index (χ1v) is 4.58. The van der Waals surface area contributed by atoms with Gasteiger partial charge in [-0.2, -0.15) is 0 Å². The Balaban J connectivity index is 1.99. The Morgan fingerprint density at radius 3 is 2.67 bits per heavy atom. The first-order valence-electron chi connectivity index (χ1n) is 4.58. The van der Waals surface area contributed by atoms with Crippen LogP contribution in [0.25, 0.3) is 0 Å². The van der Waals surface area contributed by atoms with Crippen molar-refractivity contribution in [2.45, 2.75) is 6.54 Å². The standard InChI is InChI=1S/C10H11FN4/c1-15-7-13-14-10(15)6-12-9-4-2-8(11)3-5-9/h2-5,7,12H,6H2,1H3. The van der Waals surface area contributed by atoms with Crippen LogP contribution in [0.1, 0.15) is 5.82 Å². The van der Waals surface area contributed by atoms with Crippen molar-refractivity contribution >= 4 is 5.69 Å². The van der Waals surface area contributed by atoms with Crippen molar-refractivity contribution in [3.05, 3.63) is 42.2 Å². The number of halogens is 1. The molecular formula is C10H11FN4. The maximum atomic E-state index is 12.6. The molecule has 0 fully saturated rings. The Kier molecular flexibility index (Phi) is 2.62. The minimum absolute atomic E-state index is 0.237. The maximum absolute atomic E-state index is 12.6. The summed E-state index contributed by atoms with van der Waals surface area (Å²) in [6, 6.07) is 6.20. The summed E-state index contributed by atoms with van der Waals surface area (Å²) in [4.78, 5) is 0. The number of hydrogen-bond acceptors (Lipinski definition) is 3. The molecule has 1 N–H and O–H groups in total. The average Bonchev–Trinajstić information content (AvgIpc) is 2.63. The number of hydrogen-bond donors (Lipinski definition) is 1. The molecule has 0 unspecified atom stereocenters. The molecule has 0 aliphatic rings. The Labute approximate surface area is 86.8 Å². The molecule has 78 valence electrons. The molecule has 0 amide bonds. The molecule has 1 aromatic carbocycles. The Morgan fingerprint density at radius 1 is 1.33 bits per heavy atom. The molecule has 1 aromatic heterocycles. The zero-order valence-corrected chi connectivity index (χ0v) is 8.31. The predicted octanol–water partition coefficient (Wildman–Crippen LogP) is 1.57. The van der Waals surface area contributed by atoms with Gasteiger partial charge in [0.2, 0.25) is 0 Å². The van der Waals surface area contributed by atoms with Crippen LogP contribution in [0.2, 0.25) is 0 Å². The molecule has 0 bridgehead atoms. The van der Waals surface area contributed by atoms with E-state index < -0.39 is 0 Å². The molecule has 2 aromatic rings. The summed E-state index contributed by atoms with van der Waals surface area (Å²) in [5.74, 6) is 0.596. The van der Waals surface area contributed by atoms with Crippen LogP contribution in [-0.2, 0) is 13.6 Å². The number of nitrogens with one attached hydrogen (secondary N) is 1. The van der Waals surface area contributed by atoms with Gasteiger partial charge in [0.1, 0.15) is 12.1 Å². The third-order valence-corrected chi connectivity index (χ3v) is 2.10. The number of benzene rings is 1. The van der Waals surface area contributed by atoms with E-state index in [2.05, 4.69) is 15.5 Å². The first kappa shape index (κ1) is 9.64. The number of aryl methyl sites for hydroxylation is 1. The molecule has 0 aliphatic carbocycles. The van der Waals surface area contributed by atoms with Gasteiger partial charge in [0.25, 0.3) is 0 Å². The molecule has 0 spiro atoms. The highest BCUT2D eigenvalue weighted by atomic mass is 19.1. The normalized spacial score (nSPS) is 10.3. The Bertz CT molecular complexity index is 435. The smallest absolute Gasteiger partial charge is 0.151 e. The van der Waals surface area contributed by atoms with Crippen LogP contribution in [0, 0.1) is 5.82 Å². The zero-order chi connectivity index (χ0) is 10.7. The van der Waals surface area contributed by atoms with Gasteiger partial charge >= 0.3 is 0 Å². The van der Waals surface area contributed by atoms with Crippen molar-refractivity contribution in [2.24, 2.45) is 7.05 Å². The molecule has 5 heteroatoms. The highest BCUT2D eigenvalue weighted by molar-refractivity contribution is 5.42. The van der Waals surface area contributed by atoms with Gasteiger partial charge < -0.3 is 9.88 Å². The van der Waals surface area contributed by atoms with E-state index in [-0.39, 0.29) is 5.82 Å². The second kappa shape index (κ2) is 4.08. The van der Waals surface area contributed by atoms with Crippen LogP contribution in [-0.4, -0.2) is 14.8 Å². The highest BCUT2D eigenvalue weighted by Crippen LogP contribution is 2.09. The van der Waals surface area contributed by atoms with Crippen molar-refractivity contribution in [2.75, 3.05) is 5.32 Å². The topological polar surface area (TPSA) is 42.7 Å². The number of rotatable bonds is 3. The molecule has 4 nitrogen and oxygen atoms in total. The van der Waals surface area contributed by atoms with E-state index in [9.17, 15) is 4.39 Å². The number of anilines is 1. The SMILES string of the molecule is Cn1cnnc1CNc1ccc(F)cc1. The fourth-order valence-corrected chi connectivity index (χ4v) is 1.22. The van der Waals surface area contributed by atoms with Gasteiger partial charge in [-0.05, 0) is 24.3 Å². The quantitative estimate of drug-likeness (QED) is 0.828. The van der Waals surface area contributed by atoms with Crippen LogP contribution >= 0.6 is 0 Å². The molecular weight excluding hydrogens is 195 g/mol.